The van der Waals surface area contributed by atoms with Crippen LogP contribution in [0.3, 0.4) is 0 Å². The minimum Gasteiger partial charge on any atom is -0.478 e. The fraction of sp³-hybridized carbons (Fsp3) is 0.0833. The van der Waals surface area contributed by atoms with E-state index in [9.17, 15) is 9.18 Å². The van der Waals surface area contributed by atoms with E-state index in [2.05, 4.69) is 9.97 Å². The molecule has 0 saturated carbocycles. The van der Waals surface area contributed by atoms with E-state index in [1.54, 1.807) is 13.0 Å². The van der Waals surface area contributed by atoms with E-state index in [0.717, 1.165) is 6.20 Å². The lowest BCUT2D eigenvalue weighted by molar-refractivity contribution is 0.0695. The third-order valence-corrected chi connectivity index (χ3v) is 2.31. The van der Waals surface area contributed by atoms with Crippen LogP contribution in [0.1, 0.15) is 16.1 Å². The number of carboxylic acid groups (broad SMARTS) is 1. The highest BCUT2D eigenvalue weighted by Crippen LogP contribution is 2.16. The summed E-state index contributed by atoms with van der Waals surface area (Å²) in [6, 6.07) is 5.80. The standard InChI is InChI=1S/C12H9FN2O2/c1-7-9(12(16)17)3-5-11(15-7)10-4-2-8(13)6-14-10/h2-6H,1H3,(H,16,17). The van der Waals surface area contributed by atoms with Gasteiger partial charge in [-0.3, -0.25) is 9.97 Å². The quantitative estimate of drug-likeness (QED) is 0.862. The molecular weight excluding hydrogens is 223 g/mol. The lowest BCUT2D eigenvalue weighted by atomic mass is 10.1. The van der Waals surface area contributed by atoms with E-state index in [0.29, 0.717) is 17.1 Å². The normalized spacial score (nSPS) is 10.2. The first-order chi connectivity index (χ1) is 8.08. The number of nitrogens with zero attached hydrogens (tertiary/aromatic N) is 2. The number of aromatic nitrogens is 2. The maximum absolute atomic E-state index is 12.7. The third-order valence-electron chi connectivity index (χ3n) is 2.31. The first-order valence-electron chi connectivity index (χ1n) is 4.91. The van der Waals surface area contributed by atoms with Crippen molar-refractivity contribution in [2.24, 2.45) is 0 Å². The van der Waals surface area contributed by atoms with Crippen molar-refractivity contribution in [2.75, 3.05) is 0 Å². The smallest absolute Gasteiger partial charge is 0.337 e. The molecule has 0 aliphatic heterocycles. The number of carboxylic acids is 1. The second-order valence-corrected chi connectivity index (χ2v) is 3.50. The Labute approximate surface area is 96.8 Å². The van der Waals surface area contributed by atoms with Gasteiger partial charge in [0.05, 0.1) is 28.8 Å². The lowest BCUT2D eigenvalue weighted by Crippen LogP contribution is -2.02. The van der Waals surface area contributed by atoms with Crippen LogP contribution in [-0.2, 0) is 0 Å². The van der Waals surface area contributed by atoms with Crippen molar-refractivity contribution in [2.45, 2.75) is 6.92 Å². The number of aromatic carboxylic acids is 1. The number of hydrogen-bond donors (Lipinski definition) is 1. The molecule has 0 aromatic carbocycles. The Morgan fingerprint density at radius 2 is 1.94 bits per heavy atom. The molecule has 0 fully saturated rings. The summed E-state index contributed by atoms with van der Waals surface area (Å²) in [5.74, 6) is -1.44. The Bertz CT molecular complexity index is 567. The van der Waals surface area contributed by atoms with Crippen LogP contribution >= 0.6 is 0 Å². The zero-order valence-corrected chi connectivity index (χ0v) is 9.01. The van der Waals surface area contributed by atoms with Crippen LogP contribution in [0.25, 0.3) is 11.4 Å². The van der Waals surface area contributed by atoms with Crippen molar-refractivity contribution in [3.63, 3.8) is 0 Å². The molecule has 0 unspecified atom stereocenters. The SMILES string of the molecule is Cc1nc(-c2ccc(F)cn2)ccc1C(=O)O. The fourth-order valence-electron chi connectivity index (χ4n) is 1.46. The second kappa shape index (κ2) is 4.29. The molecule has 0 spiro atoms. The highest BCUT2D eigenvalue weighted by atomic mass is 19.1. The van der Waals surface area contributed by atoms with E-state index < -0.39 is 11.8 Å². The molecule has 0 atom stereocenters. The zero-order chi connectivity index (χ0) is 12.4. The van der Waals surface area contributed by atoms with Gasteiger partial charge in [-0.15, -0.1) is 0 Å². The molecule has 0 bridgehead atoms. The van der Waals surface area contributed by atoms with Crippen molar-refractivity contribution in [3.05, 3.63) is 47.5 Å². The lowest BCUT2D eigenvalue weighted by Gasteiger charge is -2.03. The average Bonchev–Trinajstić information content (AvgIpc) is 2.29. The van der Waals surface area contributed by atoms with Crippen molar-refractivity contribution in [1.82, 2.24) is 9.97 Å². The summed E-state index contributed by atoms with van der Waals surface area (Å²) in [4.78, 5) is 18.8. The average molecular weight is 232 g/mol. The topological polar surface area (TPSA) is 63.1 Å². The largest absolute Gasteiger partial charge is 0.478 e. The molecule has 0 saturated heterocycles. The highest BCUT2D eigenvalue weighted by molar-refractivity contribution is 5.89. The molecule has 0 aliphatic carbocycles. The monoisotopic (exact) mass is 232 g/mol. The van der Waals surface area contributed by atoms with Crippen molar-refractivity contribution in [3.8, 4) is 11.4 Å². The van der Waals surface area contributed by atoms with E-state index >= 15 is 0 Å². The summed E-state index contributed by atoms with van der Waals surface area (Å²) < 4.78 is 12.7. The number of pyridine rings is 2. The molecule has 0 aliphatic rings. The second-order valence-electron chi connectivity index (χ2n) is 3.50. The van der Waals surface area contributed by atoms with Gasteiger partial charge >= 0.3 is 5.97 Å². The molecule has 2 aromatic heterocycles. The van der Waals surface area contributed by atoms with Crippen LogP contribution in [0.2, 0.25) is 0 Å². The van der Waals surface area contributed by atoms with Gasteiger partial charge in [-0.1, -0.05) is 0 Å². The van der Waals surface area contributed by atoms with Gasteiger partial charge in [0.1, 0.15) is 5.82 Å². The Balaban J connectivity index is 2.44. The number of carbonyl (C=O) groups is 1. The summed E-state index contributed by atoms with van der Waals surface area (Å²) in [7, 11) is 0. The molecule has 2 rings (SSSR count). The van der Waals surface area contributed by atoms with Crippen LogP contribution in [0.4, 0.5) is 4.39 Å². The van der Waals surface area contributed by atoms with Gasteiger partial charge in [0.2, 0.25) is 0 Å². The number of hydrogen-bond acceptors (Lipinski definition) is 3. The van der Waals surface area contributed by atoms with Gasteiger partial charge < -0.3 is 5.11 Å². The molecule has 0 radical (unpaired) electrons. The maximum atomic E-state index is 12.7. The van der Waals surface area contributed by atoms with Crippen molar-refractivity contribution < 1.29 is 14.3 Å². The van der Waals surface area contributed by atoms with Crippen molar-refractivity contribution >= 4 is 5.97 Å². The number of aryl methyl sites for hydroxylation is 1. The van der Waals surface area contributed by atoms with E-state index in [1.807, 2.05) is 0 Å². The summed E-state index contributed by atoms with van der Waals surface area (Å²) in [6.07, 6.45) is 1.09. The Morgan fingerprint density at radius 3 is 2.47 bits per heavy atom. The zero-order valence-electron chi connectivity index (χ0n) is 9.01. The Kier molecular flexibility index (Phi) is 2.82. The predicted molar refractivity (Wildman–Crippen MR) is 59.1 cm³/mol. The number of halogens is 1. The van der Waals surface area contributed by atoms with Crippen LogP contribution in [0.15, 0.2) is 30.5 Å². The fourth-order valence-corrected chi connectivity index (χ4v) is 1.46. The first kappa shape index (κ1) is 11.2. The molecule has 5 heteroatoms. The van der Waals surface area contributed by atoms with Gasteiger partial charge in [0.15, 0.2) is 0 Å². The number of rotatable bonds is 2. The Hall–Kier alpha value is -2.30. The van der Waals surface area contributed by atoms with Crippen molar-refractivity contribution in [1.29, 1.82) is 0 Å². The van der Waals surface area contributed by atoms with Gasteiger partial charge in [-0.2, -0.15) is 0 Å². The molecule has 2 aromatic rings. The summed E-state index contributed by atoms with van der Waals surface area (Å²) in [6.45, 7) is 1.61. The van der Waals surface area contributed by atoms with Gasteiger partial charge in [-0.05, 0) is 31.2 Å². The van der Waals surface area contributed by atoms with E-state index in [4.69, 9.17) is 5.11 Å². The van der Waals surface area contributed by atoms with E-state index in [-0.39, 0.29) is 5.56 Å². The van der Waals surface area contributed by atoms with Crippen LogP contribution < -0.4 is 0 Å². The van der Waals surface area contributed by atoms with Gasteiger partial charge in [0.25, 0.3) is 0 Å². The molecule has 17 heavy (non-hydrogen) atoms. The highest BCUT2D eigenvalue weighted by Gasteiger charge is 2.10. The molecule has 4 nitrogen and oxygen atoms in total. The molecule has 0 amide bonds. The molecule has 86 valence electrons. The van der Waals surface area contributed by atoms with Crippen LogP contribution in [0.5, 0.6) is 0 Å². The van der Waals surface area contributed by atoms with Gasteiger partial charge in [-0.25, -0.2) is 9.18 Å². The first-order valence-corrected chi connectivity index (χ1v) is 4.91. The maximum Gasteiger partial charge on any atom is 0.337 e. The molecule has 1 N–H and O–H groups in total. The van der Waals surface area contributed by atoms with E-state index in [1.165, 1.54) is 18.2 Å². The predicted octanol–water partition coefficient (Wildman–Crippen LogP) is 2.29. The minimum absolute atomic E-state index is 0.149. The summed E-state index contributed by atoms with van der Waals surface area (Å²) >= 11 is 0. The van der Waals surface area contributed by atoms with Crippen LogP contribution in [0, 0.1) is 12.7 Å². The Morgan fingerprint density at radius 1 is 1.24 bits per heavy atom. The van der Waals surface area contributed by atoms with Gasteiger partial charge in [0, 0.05) is 0 Å². The summed E-state index contributed by atoms with van der Waals surface area (Å²) in [5, 5.41) is 8.86. The van der Waals surface area contributed by atoms with Crippen LogP contribution in [-0.4, -0.2) is 21.0 Å². The molecular formula is C12H9FN2O2. The third kappa shape index (κ3) is 2.28. The molecule has 2 heterocycles. The summed E-state index contributed by atoms with van der Waals surface area (Å²) in [5.41, 5.74) is 1.58. The minimum atomic E-state index is -1.02.